The lowest BCUT2D eigenvalue weighted by Gasteiger charge is -2.16. The first-order valence-corrected chi connectivity index (χ1v) is 8.90. The summed E-state index contributed by atoms with van der Waals surface area (Å²) in [5.74, 6) is -0.559. The van der Waals surface area contributed by atoms with Gasteiger partial charge in [-0.15, -0.1) is 10.2 Å². The molecule has 0 unspecified atom stereocenters. The maximum atomic E-state index is 12.3. The summed E-state index contributed by atoms with van der Waals surface area (Å²) in [7, 11) is 0. The fourth-order valence-corrected chi connectivity index (χ4v) is 3.37. The predicted molar refractivity (Wildman–Crippen MR) is 92.9 cm³/mol. The maximum absolute atomic E-state index is 12.3. The molecular formula is C16H17ClN4O2S. The molecule has 1 fully saturated rings. The van der Waals surface area contributed by atoms with Crippen LogP contribution in [0.25, 0.3) is 0 Å². The number of aryl methyl sites for hydroxylation is 1. The van der Waals surface area contributed by atoms with Crippen LogP contribution < -0.4 is 5.32 Å². The fourth-order valence-electron chi connectivity index (χ4n) is 2.57. The third-order valence-corrected chi connectivity index (χ3v) is 5.11. The second-order valence-corrected chi connectivity index (χ2v) is 7.14. The lowest BCUT2D eigenvalue weighted by molar-refractivity contribution is -0.128. The van der Waals surface area contributed by atoms with E-state index in [1.54, 1.807) is 17.0 Å². The molecule has 0 spiro atoms. The van der Waals surface area contributed by atoms with E-state index in [0.29, 0.717) is 23.2 Å². The number of halogens is 1. The van der Waals surface area contributed by atoms with E-state index >= 15 is 0 Å². The molecular weight excluding hydrogens is 348 g/mol. The van der Waals surface area contributed by atoms with E-state index in [2.05, 4.69) is 15.5 Å². The third kappa shape index (κ3) is 3.91. The minimum Gasteiger partial charge on any atom is -0.338 e. The zero-order valence-corrected chi connectivity index (χ0v) is 14.7. The van der Waals surface area contributed by atoms with E-state index in [1.807, 2.05) is 19.1 Å². The van der Waals surface area contributed by atoms with Gasteiger partial charge in [-0.05, 0) is 24.1 Å². The fraction of sp³-hybridized carbons (Fsp3) is 0.375. The highest BCUT2D eigenvalue weighted by Gasteiger charge is 2.34. The van der Waals surface area contributed by atoms with Crippen LogP contribution in [-0.2, 0) is 22.6 Å². The van der Waals surface area contributed by atoms with E-state index in [-0.39, 0.29) is 24.2 Å². The van der Waals surface area contributed by atoms with E-state index in [0.717, 1.165) is 17.0 Å². The smallest absolute Gasteiger partial charge is 0.231 e. The summed E-state index contributed by atoms with van der Waals surface area (Å²) in [6, 6.07) is 7.36. The molecule has 0 aliphatic carbocycles. The third-order valence-electron chi connectivity index (χ3n) is 3.87. The summed E-state index contributed by atoms with van der Waals surface area (Å²) in [4.78, 5) is 26.2. The van der Waals surface area contributed by atoms with Gasteiger partial charge < -0.3 is 10.2 Å². The Hall–Kier alpha value is -1.99. The number of rotatable bonds is 5. The summed E-state index contributed by atoms with van der Waals surface area (Å²) in [5.41, 5.74) is 0.991. The Morgan fingerprint density at radius 3 is 2.79 bits per heavy atom. The molecule has 1 aliphatic heterocycles. The predicted octanol–water partition coefficient (Wildman–Crippen LogP) is 2.74. The molecule has 2 amide bonds. The van der Waals surface area contributed by atoms with Crippen LogP contribution in [0.1, 0.15) is 23.9 Å². The Morgan fingerprint density at radius 2 is 2.12 bits per heavy atom. The molecule has 6 nitrogen and oxygen atoms in total. The second kappa shape index (κ2) is 7.27. The van der Waals surface area contributed by atoms with Crippen molar-refractivity contribution in [3.8, 4) is 0 Å². The van der Waals surface area contributed by atoms with Crippen LogP contribution in [0.2, 0.25) is 5.02 Å². The monoisotopic (exact) mass is 364 g/mol. The molecule has 0 bridgehead atoms. The number of hydrogen-bond acceptors (Lipinski definition) is 5. The number of carbonyl (C=O) groups excluding carboxylic acids is 2. The topological polar surface area (TPSA) is 75.2 Å². The van der Waals surface area contributed by atoms with E-state index in [4.69, 9.17) is 11.6 Å². The number of likely N-dealkylation sites (tertiary alicyclic amines) is 1. The van der Waals surface area contributed by atoms with Crippen LogP contribution in [0.3, 0.4) is 0 Å². The molecule has 1 atom stereocenters. The van der Waals surface area contributed by atoms with Crippen LogP contribution in [0, 0.1) is 5.92 Å². The molecule has 2 aromatic rings. The summed E-state index contributed by atoms with van der Waals surface area (Å²) in [5, 5.41) is 12.7. The van der Waals surface area contributed by atoms with Gasteiger partial charge in [0.15, 0.2) is 0 Å². The van der Waals surface area contributed by atoms with Gasteiger partial charge in [-0.25, -0.2) is 0 Å². The quantitative estimate of drug-likeness (QED) is 0.885. The number of nitrogens with one attached hydrogen (secondary N) is 1. The van der Waals surface area contributed by atoms with Crippen molar-refractivity contribution in [2.75, 3.05) is 11.9 Å². The van der Waals surface area contributed by atoms with Crippen LogP contribution in [0.15, 0.2) is 24.3 Å². The van der Waals surface area contributed by atoms with Gasteiger partial charge in [-0.1, -0.05) is 42.0 Å². The zero-order chi connectivity index (χ0) is 17.1. The Bertz CT molecular complexity index is 747. The van der Waals surface area contributed by atoms with Crippen molar-refractivity contribution in [3.63, 3.8) is 0 Å². The van der Waals surface area contributed by atoms with Gasteiger partial charge in [-0.3, -0.25) is 9.59 Å². The molecule has 8 heteroatoms. The standard InChI is InChI=1S/C16H17ClN4O2S/c1-2-13-19-20-16(24-13)18-15(23)11-7-14(22)21(9-11)8-10-3-5-12(17)6-4-10/h3-6,11H,2,7-9H2,1H3,(H,18,20,23)/t11-/m0/s1. The molecule has 3 rings (SSSR count). The van der Waals surface area contributed by atoms with Crippen LogP contribution in [0.5, 0.6) is 0 Å². The normalized spacial score (nSPS) is 17.3. The van der Waals surface area contributed by atoms with Crippen molar-refractivity contribution >= 4 is 39.9 Å². The number of benzene rings is 1. The van der Waals surface area contributed by atoms with Gasteiger partial charge in [0, 0.05) is 24.5 Å². The molecule has 1 aromatic heterocycles. The van der Waals surface area contributed by atoms with E-state index in [1.165, 1.54) is 11.3 Å². The first kappa shape index (κ1) is 16.9. The van der Waals surface area contributed by atoms with E-state index in [9.17, 15) is 9.59 Å². The molecule has 24 heavy (non-hydrogen) atoms. The first-order chi connectivity index (χ1) is 11.5. The molecule has 1 aliphatic rings. The second-order valence-electron chi connectivity index (χ2n) is 5.65. The molecule has 0 radical (unpaired) electrons. The molecule has 2 heterocycles. The number of amides is 2. The van der Waals surface area contributed by atoms with Gasteiger partial charge in [0.1, 0.15) is 5.01 Å². The van der Waals surface area contributed by atoms with E-state index < -0.39 is 0 Å². The summed E-state index contributed by atoms with van der Waals surface area (Å²) in [6.45, 7) is 2.88. The van der Waals surface area contributed by atoms with Crippen molar-refractivity contribution in [1.29, 1.82) is 0 Å². The Balaban J connectivity index is 1.59. The number of hydrogen-bond donors (Lipinski definition) is 1. The molecule has 1 saturated heterocycles. The molecule has 0 saturated carbocycles. The summed E-state index contributed by atoms with van der Waals surface area (Å²) in [6.07, 6.45) is 1.00. The Morgan fingerprint density at radius 1 is 1.38 bits per heavy atom. The maximum Gasteiger partial charge on any atom is 0.231 e. The highest BCUT2D eigenvalue weighted by atomic mass is 35.5. The lowest BCUT2D eigenvalue weighted by Crippen LogP contribution is -2.28. The highest BCUT2D eigenvalue weighted by Crippen LogP contribution is 2.23. The minimum absolute atomic E-state index is 0.0170. The molecule has 1 N–H and O–H groups in total. The average Bonchev–Trinajstić information content (AvgIpc) is 3.16. The SMILES string of the molecule is CCc1nnc(NC(=O)[C@H]2CC(=O)N(Cc3ccc(Cl)cc3)C2)s1. The van der Waals surface area contributed by atoms with Crippen molar-refractivity contribution < 1.29 is 9.59 Å². The largest absolute Gasteiger partial charge is 0.338 e. The van der Waals surface area contributed by atoms with Crippen LogP contribution >= 0.6 is 22.9 Å². The Kier molecular flexibility index (Phi) is 5.11. The van der Waals surface area contributed by atoms with Crippen LogP contribution in [-0.4, -0.2) is 33.5 Å². The number of anilines is 1. The molecule has 1 aromatic carbocycles. The molecule has 126 valence electrons. The van der Waals surface area contributed by atoms with Crippen molar-refractivity contribution in [3.05, 3.63) is 39.9 Å². The average molecular weight is 365 g/mol. The summed E-state index contributed by atoms with van der Waals surface area (Å²) < 4.78 is 0. The van der Waals surface area contributed by atoms with Crippen molar-refractivity contribution in [1.82, 2.24) is 15.1 Å². The summed E-state index contributed by atoms with van der Waals surface area (Å²) >= 11 is 7.23. The van der Waals surface area contributed by atoms with Crippen molar-refractivity contribution in [2.24, 2.45) is 5.92 Å². The van der Waals surface area contributed by atoms with Gasteiger partial charge in [0.05, 0.1) is 5.92 Å². The lowest BCUT2D eigenvalue weighted by atomic mass is 10.1. The van der Waals surface area contributed by atoms with Gasteiger partial charge in [0.2, 0.25) is 16.9 Å². The number of aromatic nitrogens is 2. The van der Waals surface area contributed by atoms with Gasteiger partial charge in [0.25, 0.3) is 0 Å². The van der Waals surface area contributed by atoms with Gasteiger partial charge in [-0.2, -0.15) is 0 Å². The minimum atomic E-state index is -0.362. The zero-order valence-electron chi connectivity index (χ0n) is 13.2. The number of carbonyl (C=O) groups is 2. The first-order valence-electron chi connectivity index (χ1n) is 7.70. The number of nitrogens with zero attached hydrogens (tertiary/aromatic N) is 3. The highest BCUT2D eigenvalue weighted by molar-refractivity contribution is 7.15. The Labute approximate surface area is 148 Å². The van der Waals surface area contributed by atoms with Crippen LogP contribution in [0.4, 0.5) is 5.13 Å². The van der Waals surface area contributed by atoms with Gasteiger partial charge >= 0.3 is 0 Å². The van der Waals surface area contributed by atoms with Crippen molar-refractivity contribution in [2.45, 2.75) is 26.3 Å².